The van der Waals surface area contributed by atoms with E-state index in [9.17, 15) is 9.18 Å². The number of hydroxylamine groups is 1. The lowest BCUT2D eigenvalue weighted by Gasteiger charge is -2.34. The summed E-state index contributed by atoms with van der Waals surface area (Å²) < 4.78 is 29.2. The van der Waals surface area contributed by atoms with E-state index in [2.05, 4.69) is 12.1 Å². The highest BCUT2D eigenvalue weighted by Gasteiger charge is 2.40. The molecule has 0 atom stereocenters. The van der Waals surface area contributed by atoms with Gasteiger partial charge in [0.25, 0.3) is 5.79 Å². The highest BCUT2D eigenvalue weighted by Crippen LogP contribution is 2.24. The molecule has 0 amide bonds. The lowest BCUT2D eigenvalue weighted by Crippen LogP contribution is -2.47. The van der Waals surface area contributed by atoms with Crippen molar-refractivity contribution in [2.75, 3.05) is 26.9 Å². The minimum absolute atomic E-state index is 0.169. The van der Waals surface area contributed by atoms with Crippen molar-refractivity contribution in [2.45, 2.75) is 32.0 Å². The Morgan fingerprint density at radius 1 is 1.41 bits per heavy atom. The van der Waals surface area contributed by atoms with Crippen molar-refractivity contribution < 1.29 is 33.3 Å². The number of aliphatic carboxylic acids is 1. The van der Waals surface area contributed by atoms with Crippen molar-refractivity contribution in [1.82, 2.24) is 5.48 Å². The first kappa shape index (κ1) is 21.1. The van der Waals surface area contributed by atoms with Crippen LogP contribution in [0, 0.1) is 11.7 Å². The van der Waals surface area contributed by atoms with E-state index in [1.54, 1.807) is 6.07 Å². The van der Waals surface area contributed by atoms with Crippen LogP contribution in [-0.4, -0.2) is 43.8 Å². The SMILES string of the molecule is C=C(NOCCCCC1COC(C)(C(=O)O)OC1)c1ccc(OC)c(F)c1. The van der Waals surface area contributed by atoms with Crippen molar-refractivity contribution in [3.05, 3.63) is 36.2 Å². The summed E-state index contributed by atoms with van der Waals surface area (Å²) in [5, 5.41) is 9.02. The predicted octanol–water partition coefficient (Wildman–Crippen LogP) is 2.96. The molecule has 0 aliphatic carbocycles. The third-order valence-corrected chi connectivity index (χ3v) is 4.38. The van der Waals surface area contributed by atoms with Crippen molar-refractivity contribution in [3.8, 4) is 5.75 Å². The quantitative estimate of drug-likeness (QED) is 0.474. The van der Waals surface area contributed by atoms with Gasteiger partial charge in [0.1, 0.15) is 0 Å². The first-order valence-corrected chi connectivity index (χ1v) is 8.77. The minimum atomic E-state index is -1.54. The maximum atomic E-state index is 13.7. The van der Waals surface area contributed by atoms with Gasteiger partial charge < -0.3 is 19.3 Å². The molecule has 2 N–H and O–H groups in total. The summed E-state index contributed by atoms with van der Waals surface area (Å²) in [5.74, 6) is -2.77. The van der Waals surface area contributed by atoms with Crippen LogP contribution >= 0.6 is 0 Å². The van der Waals surface area contributed by atoms with Crippen LogP contribution in [0.4, 0.5) is 4.39 Å². The molecule has 1 aromatic rings. The van der Waals surface area contributed by atoms with Crippen LogP contribution < -0.4 is 10.2 Å². The molecule has 150 valence electrons. The number of methoxy groups -OCH3 is 1. The summed E-state index contributed by atoms with van der Waals surface area (Å²) in [4.78, 5) is 16.4. The van der Waals surface area contributed by atoms with Crippen LogP contribution in [-0.2, 0) is 19.1 Å². The van der Waals surface area contributed by atoms with Crippen LogP contribution in [0.5, 0.6) is 5.75 Å². The van der Waals surface area contributed by atoms with Gasteiger partial charge in [-0.3, -0.25) is 10.3 Å². The number of hydrogen-bond donors (Lipinski definition) is 2. The molecule has 0 bridgehead atoms. The zero-order valence-electron chi connectivity index (χ0n) is 15.6. The fraction of sp³-hybridized carbons (Fsp3) is 0.526. The molecule has 0 saturated carbocycles. The van der Waals surface area contributed by atoms with E-state index in [1.165, 1.54) is 26.2 Å². The van der Waals surface area contributed by atoms with Crippen LogP contribution in [0.1, 0.15) is 31.7 Å². The molecular weight excluding hydrogens is 357 g/mol. The van der Waals surface area contributed by atoms with Crippen LogP contribution in [0.2, 0.25) is 0 Å². The number of carboxylic acid groups (broad SMARTS) is 1. The molecule has 1 aliphatic rings. The van der Waals surface area contributed by atoms with Gasteiger partial charge in [-0.25, -0.2) is 9.18 Å². The Morgan fingerprint density at radius 3 is 2.70 bits per heavy atom. The fourth-order valence-corrected chi connectivity index (χ4v) is 2.59. The van der Waals surface area contributed by atoms with Gasteiger partial charge >= 0.3 is 5.97 Å². The largest absolute Gasteiger partial charge is 0.494 e. The lowest BCUT2D eigenvalue weighted by molar-refractivity contribution is -0.271. The van der Waals surface area contributed by atoms with Crippen molar-refractivity contribution >= 4 is 11.7 Å². The van der Waals surface area contributed by atoms with E-state index >= 15 is 0 Å². The summed E-state index contributed by atoms with van der Waals surface area (Å²) in [6, 6.07) is 4.54. The molecule has 7 nitrogen and oxygen atoms in total. The number of halogens is 1. The van der Waals surface area contributed by atoms with E-state index in [0.29, 0.717) is 31.1 Å². The molecule has 2 rings (SSSR count). The topological polar surface area (TPSA) is 86.3 Å². The maximum absolute atomic E-state index is 13.7. The molecule has 1 fully saturated rings. The molecule has 0 spiro atoms. The zero-order valence-corrected chi connectivity index (χ0v) is 15.6. The molecule has 0 unspecified atom stereocenters. The average Bonchev–Trinajstić information content (AvgIpc) is 2.65. The maximum Gasteiger partial charge on any atom is 0.364 e. The molecule has 8 heteroatoms. The number of benzene rings is 1. The van der Waals surface area contributed by atoms with Gasteiger partial charge in [-0.15, -0.1) is 0 Å². The Hall–Kier alpha value is -2.16. The number of carboxylic acids is 1. The third kappa shape index (κ3) is 5.92. The molecular formula is C19H26FNO6. The molecule has 1 heterocycles. The van der Waals surface area contributed by atoms with Gasteiger partial charge in [0.05, 0.1) is 32.6 Å². The summed E-state index contributed by atoms with van der Waals surface area (Å²) in [6.45, 7) is 6.41. The predicted molar refractivity (Wildman–Crippen MR) is 96.4 cm³/mol. The van der Waals surface area contributed by atoms with Crippen LogP contribution in [0.15, 0.2) is 24.8 Å². The highest BCUT2D eigenvalue weighted by atomic mass is 19.1. The number of rotatable bonds is 10. The van der Waals surface area contributed by atoms with Gasteiger partial charge in [0, 0.05) is 18.4 Å². The summed E-state index contributed by atoms with van der Waals surface area (Å²) in [5.41, 5.74) is 3.74. The minimum Gasteiger partial charge on any atom is -0.494 e. The number of nitrogens with one attached hydrogen (secondary N) is 1. The monoisotopic (exact) mass is 383 g/mol. The number of unbranched alkanes of at least 4 members (excludes halogenated alkanes) is 1. The highest BCUT2D eigenvalue weighted by molar-refractivity contribution is 5.75. The molecule has 1 aliphatic heterocycles. The van der Waals surface area contributed by atoms with Crippen molar-refractivity contribution in [1.29, 1.82) is 0 Å². The Morgan fingerprint density at radius 2 is 2.11 bits per heavy atom. The van der Waals surface area contributed by atoms with Crippen LogP contribution in [0.25, 0.3) is 5.70 Å². The van der Waals surface area contributed by atoms with E-state index in [0.717, 1.165) is 19.3 Å². The Bertz CT molecular complexity index is 658. The van der Waals surface area contributed by atoms with Crippen molar-refractivity contribution in [2.24, 2.45) is 5.92 Å². The Kier molecular flexibility index (Phi) is 7.58. The Labute approximate surface area is 158 Å². The second-order valence-corrected chi connectivity index (χ2v) is 6.51. The summed E-state index contributed by atoms with van der Waals surface area (Å²) >= 11 is 0. The normalized spacial score (nSPS) is 22.3. The average molecular weight is 383 g/mol. The van der Waals surface area contributed by atoms with Gasteiger partial charge in [0.15, 0.2) is 11.6 Å². The first-order valence-electron chi connectivity index (χ1n) is 8.77. The molecule has 27 heavy (non-hydrogen) atoms. The standard InChI is InChI=1S/C19H26FNO6/c1-13(15-7-8-17(24-3)16(20)10-15)21-27-9-5-4-6-14-11-25-19(2,18(22)23)26-12-14/h7-8,10,14,21H,1,4-6,9,11-12H2,2-3H3,(H,22,23). The third-order valence-electron chi connectivity index (χ3n) is 4.38. The zero-order chi connectivity index (χ0) is 19.9. The fourth-order valence-electron chi connectivity index (χ4n) is 2.59. The molecule has 1 aromatic carbocycles. The van der Waals surface area contributed by atoms with Gasteiger partial charge in [-0.2, -0.15) is 0 Å². The van der Waals surface area contributed by atoms with Gasteiger partial charge in [0.2, 0.25) is 0 Å². The smallest absolute Gasteiger partial charge is 0.364 e. The number of hydrogen-bond acceptors (Lipinski definition) is 6. The molecule has 0 radical (unpaired) electrons. The second-order valence-electron chi connectivity index (χ2n) is 6.51. The second kappa shape index (κ2) is 9.68. The van der Waals surface area contributed by atoms with E-state index in [-0.39, 0.29) is 11.7 Å². The molecule has 1 saturated heterocycles. The molecule has 0 aromatic heterocycles. The lowest BCUT2D eigenvalue weighted by atomic mass is 10.0. The summed E-state index contributed by atoms with van der Waals surface area (Å²) in [7, 11) is 1.41. The Balaban J connectivity index is 1.59. The van der Waals surface area contributed by atoms with Crippen LogP contribution in [0.3, 0.4) is 0 Å². The van der Waals surface area contributed by atoms with E-state index in [1.807, 2.05) is 0 Å². The number of ether oxygens (including phenoxy) is 3. The van der Waals surface area contributed by atoms with Gasteiger partial charge in [-0.05, 0) is 31.0 Å². The van der Waals surface area contributed by atoms with Gasteiger partial charge in [-0.1, -0.05) is 13.0 Å². The van der Waals surface area contributed by atoms with E-state index in [4.69, 9.17) is 24.2 Å². The first-order chi connectivity index (χ1) is 12.9. The van der Waals surface area contributed by atoms with Crippen molar-refractivity contribution in [3.63, 3.8) is 0 Å². The summed E-state index contributed by atoms with van der Waals surface area (Å²) in [6.07, 6.45) is 2.53. The van der Waals surface area contributed by atoms with E-state index < -0.39 is 17.6 Å². The number of carbonyl (C=O) groups is 1.